The highest BCUT2D eigenvalue weighted by atomic mass is 16.2. The molecule has 1 aromatic carbocycles. The minimum atomic E-state index is -0.763. The Hall–Kier alpha value is -2.28. The van der Waals surface area contributed by atoms with Gasteiger partial charge in [-0.3, -0.25) is 4.79 Å². The van der Waals surface area contributed by atoms with Gasteiger partial charge in [-0.25, -0.2) is 0 Å². The first kappa shape index (κ1) is 12.7. The fraction of sp³-hybridized carbons (Fsp3) is 0.375. The molecule has 0 saturated heterocycles. The number of aromatic nitrogens is 1. The zero-order valence-electron chi connectivity index (χ0n) is 11.5. The van der Waals surface area contributed by atoms with E-state index < -0.39 is 5.41 Å². The van der Waals surface area contributed by atoms with Crippen LogP contribution in [-0.4, -0.2) is 22.8 Å². The number of para-hydroxylation sites is 1. The molecular formula is C16H17N3O. The van der Waals surface area contributed by atoms with E-state index in [-0.39, 0.29) is 5.91 Å². The largest absolute Gasteiger partial charge is 0.361 e. The van der Waals surface area contributed by atoms with Gasteiger partial charge in [-0.05, 0) is 30.9 Å². The van der Waals surface area contributed by atoms with Crippen LogP contribution in [0.25, 0.3) is 10.9 Å². The summed E-state index contributed by atoms with van der Waals surface area (Å²) in [5, 5.41) is 10.4. The van der Waals surface area contributed by atoms with E-state index in [0.29, 0.717) is 19.4 Å². The number of H-pyrrole nitrogens is 1. The Morgan fingerprint density at radius 2 is 2.20 bits per heavy atom. The lowest BCUT2D eigenvalue weighted by Crippen LogP contribution is -2.45. The maximum Gasteiger partial charge on any atom is 0.243 e. The highest BCUT2D eigenvalue weighted by Gasteiger charge is 2.46. The lowest BCUT2D eigenvalue weighted by Gasteiger charge is -2.36. The third kappa shape index (κ3) is 1.87. The van der Waals surface area contributed by atoms with Gasteiger partial charge >= 0.3 is 0 Å². The van der Waals surface area contributed by atoms with Gasteiger partial charge in [0.15, 0.2) is 0 Å². The second kappa shape index (κ2) is 4.68. The SMILES string of the molecule is CN(Cc1c[nH]c2ccccc12)C(=O)C1(C#N)CCC1. The van der Waals surface area contributed by atoms with Crippen molar-refractivity contribution in [2.24, 2.45) is 5.41 Å². The molecular weight excluding hydrogens is 250 g/mol. The first-order valence-corrected chi connectivity index (χ1v) is 6.88. The molecule has 1 aliphatic rings. The van der Waals surface area contributed by atoms with Crippen molar-refractivity contribution >= 4 is 16.8 Å². The first-order chi connectivity index (χ1) is 9.66. The number of nitriles is 1. The lowest BCUT2D eigenvalue weighted by atomic mass is 9.69. The fourth-order valence-corrected chi connectivity index (χ4v) is 2.86. The number of benzene rings is 1. The zero-order valence-corrected chi connectivity index (χ0v) is 11.5. The maximum absolute atomic E-state index is 12.4. The molecule has 1 aromatic heterocycles. The molecule has 4 heteroatoms. The summed E-state index contributed by atoms with van der Waals surface area (Å²) in [5.41, 5.74) is 1.40. The Morgan fingerprint density at radius 3 is 2.85 bits per heavy atom. The summed E-state index contributed by atoms with van der Waals surface area (Å²) in [4.78, 5) is 17.3. The Bertz CT molecular complexity index is 691. The van der Waals surface area contributed by atoms with E-state index in [4.69, 9.17) is 0 Å². The number of rotatable bonds is 3. The lowest BCUT2D eigenvalue weighted by molar-refractivity contribution is -0.142. The van der Waals surface area contributed by atoms with Gasteiger partial charge in [-0.2, -0.15) is 5.26 Å². The third-order valence-corrected chi connectivity index (χ3v) is 4.26. The molecule has 1 heterocycles. The highest BCUT2D eigenvalue weighted by molar-refractivity contribution is 5.87. The molecule has 4 nitrogen and oxygen atoms in total. The van der Waals surface area contributed by atoms with E-state index in [1.807, 2.05) is 30.5 Å². The molecule has 1 fully saturated rings. The fourth-order valence-electron chi connectivity index (χ4n) is 2.86. The molecule has 1 saturated carbocycles. The molecule has 1 aliphatic carbocycles. The summed E-state index contributed by atoms with van der Waals surface area (Å²) in [6.45, 7) is 0.534. The predicted molar refractivity (Wildman–Crippen MR) is 76.7 cm³/mol. The van der Waals surface area contributed by atoms with E-state index in [0.717, 1.165) is 22.9 Å². The molecule has 0 spiro atoms. The molecule has 0 radical (unpaired) electrons. The van der Waals surface area contributed by atoms with Crippen LogP contribution < -0.4 is 0 Å². The van der Waals surface area contributed by atoms with Crippen molar-refractivity contribution in [1.29, 1.82) is 5.26 Å². The molecule has 2 aromatic rings. The van der Waals surface area contributed by atoms with Crippen molar-refractivity contribution in [2.75, 3.05) is 7.05 Å². The van der Waals surface area contributed by atoms with Crippen LogP contribution in [0.3, 0.4) is 0 Å². The van der Waals surface area contributed by atoms with Crippen molar-refractivity contribution in [1.82, 2.24) is 9.88 Å². The number of fused-ring (bicyclic) bond motifs is 1. The monoisotopic (exact) mass is 267 g/mol. The molecule has 0 unspecified atom stereocenters. The van der Waals surface area contributed by atoms with Crippen LogP contribution in [0.4, 0.5) is 0 Å². The number of amides is 1. The average Bonchev–Trinajstić information content (AvgIpc) is 2.81. The second-order valence-corrected chi connectivity index (χ2v) is 5.57. The molecule has 20 heavy (non-hydrogen) atoms. The Labute approximate surface area is 118 Å². The van der Waals surface area contributed by atoms with Gasteiger partial charge in [-0.15, -0.1) is 0 Å². The molecule has 1 amide bonds. The number of hydrogen-bond acceptors (Lipinski definition) is 2. The predicted octanol–water partition coefficient (Wildman–Crippen LogP) is 2.82. The van der Waals surface area contributed by atoms with Crippen LogP contribution in [0.2, 0.25) is 0 Å². The van der Waals surface area contributed by atoms with E-state index in [1.165, 1.54) is 0 Å². The summed E-state index contributed by atoms with van der Waals surface area (Å²) in [5.74, 6) is -0.0449. The zero-order chi connectivity index (χ0) is 14.2. The normalized spacial score (nSPS) is 16.4. The quantitative estimate of drug-likeness (QED) is 0.929. The van der Waals surface area contributed by atoms with Gasteiger partial charge in [0.05, 0.1) is 6.07 Å². The molecule has 0 aliphatic heterocycles. The molecule has 0 atom stereocenters. The Balaban J connectivity index is 1.81. The number of hydrogen-bond donors (Lipinski definition) is 1. The van der Waals surface area contributed by atoms with Gasteiger partial charge in [-0.1, -0.05) is 18.2 Å². The summed E-state index contributed by atoms with van der Waals surface area (Å²) < 4.78 is 0. The van der Waals surface area contributed by atoms with Crippen molar-refractivity contribution < 1.29 is 4.79 Å². The van der Waals surface area contributed by atoms with Gasteiger partial charge in [0.1, 0.15) is 5.41 Å². The van der Waals surface area contributed by atoms with Gasteiger partial charge in [0.2, 0.25) is 5.91 Å². The van der Waals surface area contributed by atoms with Crippen LogP contribution in [0.1, 0.15) is 24.8 Å². The van der Waals surface area contributed by atoms with E-state index in [9.17, 15) is 10.1 Å². The Kier molecular flexibility index (Phi) is 2.98. The van der Waals surface area contributed by atoms with Crippen LogP contribution in [0.5, 0.6) is 0 Å². The molecule has 1 N–H and O–H groups in total. The number of carbonyl (C=O) groups is 1. The minimum absolute atomic E-state index is 0.0449. The number of nitrogens with one attached hydrogen (secondary N) is 1. The van der Waals surface area contributed by atoms with Gasteiger partial charge in [0, 0.05) is 30.7 Å². The van der Waals surface area contributed by atoms with Crippen molar-refractivity contribution in [2.45, 2.75) is 25.8 Å². The maximum atomic E-state index is 12.4. The van der Waals surface area contributed by atoms with Crippen molar-refractivity contribution in [3.8, 4) is 6.07 Å². The van der Waals surface area contributed by atoms with Crippen LogP contribution >= 0.6 is 0 Å². The van der Waals surface area contributed by atoms with Gasteiger partial charge in [0.25, 0.3) is 0 Å². The topological polar surface area (TPSA) is 59.9 Å². The standard InChI is InChI=1S/C16H17N3O/c1-19(15(20)16(11-17)7-4-8-16)10-12-9-18-14-6-3-2-5-13(12)14/h2-3,5-6,9,18H,4,7-8,10H2,1H3. The summed E-state index contributed by atoms with van der Waals surface area (Å²) >= 11 is 0. The smallest absolute Gasteiger partial charge is 0.243 e. The van der Waals surface area contributed by atoms with Crippen LogP contribution in [-0.2, 0) is 11.3 Å². The minimum Gasteiger partial charge on any atom is -0.361 e. The van der Waals surface area contributed by atoms with Crippen LogP contribution in [0.15, 0.2) is 30.5 Å². The summed E-state index contributed by atoms with van der Waals surface area (Å²) in [6, 6.07) is 10.2. The van der Waals surface area contributed by atoms with E-state index in [2.05, 4.69) is 11.1 Å². The highest BCUT2D eigenvalue weighted by Crippen LogP contribution is 2.41. The number of aromatic amines is 1. The van der Waals surface area contributed by atoms with Gasteiger partial charge < -0.3 is 9.88 Å². The third-order valence-electron chi connectivity index (χ3n) is 4.26. The van der Waals surface area contributed by atoms with E-state index >= 15 is 0 Å². The molecule has 0 bridgehead atoms. The molecule has 102 valence electrons. The Morgan fingerprint density at radius 1 is 1.45 bits per heavy atom. The molecule has 3 rings (SSSR count). The number of nitrogens with zero attached hydrogens (tertiary/aromatic N) is 2. The van der Waals surface area contributed by atoms with Crippen molar-refractivity contribution in [3.05, 3.63) is 36.0 Å². The second-order valence-electron chi connectivity index (χ2n) is 5.57. The first-order valence-electron chi connectivity index (χ1n) is 6.88. The van der Waals surface area contributed by atoms with Crippen molar-refractivity contribution in [3.63, 3.8) is 0 Å². The van der Waals surface area contributed by atoms with E-state index in [1.54, 1.807) is 11.9 Å². The summed E-state index contributed by atoms with van der Waals surface area (Å²) in [6.07, 6.45) is 4.30. The van der Waals surface area contributed by atoms with Crippen LogP contribution in [0, 0.1) is 16.7 Å². The average molecular weight is 267 g/mol. The number of carbonyl (C=O) groups excluding carboxylic acids is 1. The summed E-state index contributed by atoms with van der Waals surface area (Å²) in [7, 11) is 1.78.